The fraction of sp³-hybridized carbons (Fsp3) is 0.222. The van der Waals surface area contributed by atoms with E-state index in [1.165, 1.54) is 18.3 Å². The van der Waals surface area contributed by atoms with Gasteiger partial charge < -0.3 is 16.4 Å². The van der Waals surface area contributed by atoms with Gasteiger partial charge in [0.2, 0.25) is 5.95 Å². The predicted octanol–water partition coefficient (Wildman–Crippen LogP) is -0.381. The summed E-state index contributed by atoms with van der Waals surface area (Å²) < 4.78 is 13.0. The summed E-state index contributed by atoms with van der Waals surface area (Å²) in [7, 11) is 0. The molecule has 4 N–H and O–H groups in total. The molecule has 86 valence electrons. The van der Waals surface area contributed by atoms with Gasteiger partial charge in [0.25, 0.3) is 5.91 Å². The number of hydrogen-bond acceptors (Lipinski definition) is 3. The van der Waals surface area contributed by atoms with Crippen molar-refractivity contribution >= 4 is 11.9 Å². The Hall–Kier alpha value is -2.18. The number of nitrogens with zero attached hydrogens (tertiary/aromatic N) is 1. The van der Waals surface area contributed by atoms with Gasteiger partial charge in [0.05, 0.1) is 5.56 Å². The number of nitrogens with two attached hydrogens (primary N) is 1. The Morgan fingerprint density at radius 3 is 2.69 bits per heavy atom. The van der Waals surface area contributed by atoms with Crippen LogP contribution in [-0.4, -0.2) is 30.0 Å². The molecule has 0 fully saturated rings. The maximum absolute atomic E-state index is 13.0. The summed E-state index contributed by atoms with van der Waals surface area (Å²) in [4.78, 5) is 25.0. The van der Waals surface area contributed by atoms with Crippen molar-refractivity contribution in [3.63, 3.8) is 0 Å². The van der Waals surface area contributed by atoms with Gasteiger partial charge in [-0.05, 0) is 12.1 Å². The largest absolute Gasteiger partial charge is 0.352 e. The molecule has 16 heavy (non-hydrogen) atoms. The first-order valence-corrected chi connectivity index (χ1v) is 4.53. The zero-order chi connectivity index (χ0) is 12.0. The molecule has 0 saturated heterocycles. The van der Waals surface area contributed by atoms with E-state index in [1.54, 1.807) is 0 Å². The minimum Gasteiger partial charge on any atom is -0.352 e. The molecule has 0 saturated carbocycles. The maximum atomic E-state index is 13.0. The normalized spacial score (nSPS) is 9.56. The number of hydrogen-bond donors (Lipinski definition) is 3. The molecule has 0 unspecified atom stereocenters. The van der Waals surface area contributed by atoms with Gasteiger partial charge in [-0.2, -0.15) is 4.39 Å². The number of carbonyl (C=O) groups excluding carboxylic acids is 2. The Morgan fingerprint density at radius 2 is 2.06 bits per heavy atom. The number of urea groups is 1. The number of aromatic nitrogens is 1. The molecule has 1 aromatic heterocycles. The van der Waals surface area contributed by atoms with Crippen molar-refractivity contribution in [2.75, 3.05) is 13.1 Å². The molecule has 0 atom stereocenters. The zero-order valence-corrected chi connectivity index (χ0v) is 8.37. The van der Waals surface area contributed by atoms with Crippen LogP contribution in [0.5, 0.6) is 0 Å². The minimum absolute atomic E-state index is 0.137. The monoisotopic (exact) mass is 226 g/mol. The Labute approximate surface area is 91.0 Å². The summed E-state index contributed by atoms with van der Waals surface area (Å²) >= 11 is 0. The first kappa shape index (κ1) is 11.9. The van der Waals surface area contributed by atoms with Crippen LogP contribution in [0.15, 0.2) is 18.3 Å². The number of carbonyl (C=O) groups is 2. The van der Waals surface area contributed by atoms with Crippen LogP contribution in [0.4, 0.5) is 9.18 Å². The molecule has 0 spiro atoms. The molecule has 6 nitrogen and oxygen atoms in total. The van der Waals surface area contributed by atoms with Gasteiger partial charge in [0.1, 0.15) is 0 Å². The third kappa shape index (κ3) is 3.52. The molecule has 0 aliphatic carbocycles. The topological polar surface area (TPSA) is 97.1 Å². The number of pyridine rings is 1. The number of rotatable bonds is 4. The third-order valence-electron chi connectivity index (χ3n) is 1.71. The van der Waals surface area contributed by atoms with Crippen LogP contribution in [0.25, 0.3) is 0 Å². The Kier molecular flexibility index (Phi) is 4.19. The maximum Gasteiger partial charge on any atom is 0.312 e. The average Bonchev–Trinajstić information content (AvgIpc) is 2.24. The third-order valence-corrected chi connectivity index (χ3v) is 1.71. The first-order chi connectivity index (χ1) is 7.61. The molecule has 0 aliphatic rings. The van der Waals surface area contributed by atoms with Gasteiger partial charge in [-0.1, -0.05) is 0 Å². The molecule has 1 aromatic rings. The van der Waals surface area contributed by atoms with E-state index in [4.69, 9.17) is 5.73 Å². The van der Waals surface area contributed by atoms with Gasteiger partial charge in [-0.15, -0.1) is 0 Å². The first-order valence-electron chi connectivity index (χ1n) is 4.53. The van der Waals surface area contributed by atoms with Crippen molar-refractivity contribution in [3.05, 3.63) is 29.8 Å². The van der Waals surface area contributed by atoms with Crippen molar-refractivity contribution in [1.82, 2.24) is 15.6 Å². The molecule has 0 aromatic carbocycles. The molecular formula is C9H11FN4O2. The lowest BCUT2D eigenvalue weighted by molar-refractivity contribution is 0.0949. The smallest absolute Gasteiger partial charge is 0.312 e. The molecule has 1 heterocycles. The second-order valence-corrected chi connectivity index (χ2v) is 2.89. The van der Waals surface area contributed by atoms with Gasteiger partial charge >= 0.3 is 6.03 Å². The molecule has 1 rings (SSSR count). The summed E-state index contributed by atoms with van der Waals surface area (Å²) in [5, 5.41) is 4.69. The molecule has 0 radical (unpaired) electrons. The van der Waals surface area contributed by atoms with Crippen LogP contribution in [0, 0.1) is 5.95 Å². The Balaban J connectivity index is 2.41. The van der Waals surface area contributed by atoms with Crippen LogP contribution in [-0.2, 0) is 0 Å². The fourth-order valence-corrected chi connectivity index (χ4v) is 1.01. The highest BCUT2D eigenvalue weighted by Gasteiger charge is 2.10. The van der Waals surface area contributed by atoms with Gasteiger partial charge in [0, 0.05) is 19.3 Å². The number of amides is 3. The fourth-order valence-electron chi connectivity index (χ4n) is 1.01. The minimum atomic E-state index is -0.831. The summed E-state index contributed by atoms with van der Waals surface area (Å²) in [5.41, 5.74) is 4.67. The van der Waals surface area contributed by atoms with Gasteiger partial charge in [-0.25, -0.2) is 9.78 Å². The van der Waals surface area contributed by atoms with Crippen LogP contribution in [0.1, 0.15) is 10.4 Å². The van der Waals surface area contributed by atoms with E-state index < -0.39 is 17.9 Å². The van der Waals surface area contributed by atoms with Crippen LogP contribution in [0.2, 0.25) is 0 Å². The standard InChI is InChI=1S/C9H11FN4O2/c10-7-6(2-1-3-12-7)8(15)13-4-5-14-9(11)16/h1-3H,4-5H2,(H,13,15)(H3,11,14,16). The molecular weight excluding hydrogens is 215 g/mol. The zero-order valence-electron chi connectivity index (χ0n) is 8.37. The number of nitrogens with one attached hydrogen (secondary N) is 2. The van der Waals surface area contributed by atoms with E-state index in [2.05, 4.69) is 15.6 Å². The van der Waals surface area contributed by atoms with E-state index in [0.29, 0.717) is 0 Å². The summed E-state index contributed by atoms with van der Waals surface area (Å²) in [6.45, 7) is 0.346. The van der Waals surface area contributed by atoms with Crippen molar-refractivity contribution in [3.8, 4) is 0 Å². The second kappa shape index (κ2) is 5.64. The highest BCUT2D eigenvalue weighted by Crippen LogP contribution is 2.01. The summed E-state index contributed by atoms with van der Waals surface area (Å²) in [5.74, 6) is -1.42. The molecule has 7 heteroatoms. The van der Waals surface area contributed by atoms with Crippen LogP contribution >= 0.6 is 0 Å². The Bertz CT molecular complexity index is 397. The van der Waals surface area contributed by atoms with Crippen molar-refractivity contribution in [1.29, 1.82) is 0 Å². The van der Waals surface area contributed by atoms with Crippen molar-refractivity contribution in [2.24, 2.45) is 5.73 Å². The molecule has 0 bridgehead atoms. The Morgan fingerprint density at radius 1 is 1.38 bits per heavy atom. The van der Waals surface area contributed by atoms with Gasteiger partial charge in [0.15, 0.2) is 0 Å². The molecule has 3 amide bonds. The van der Waals surface area contributed by atoms with Gasteiger partial charge in [-0.3, -0.25) is 4.79 Å². The summed E-state index contributed by atoms with van der Waals surface area (Å²) in [6, 6.07) is 2.10. The lowest BCUT2D eigenvalue weighted by atomic mass is 10.2. The van der Waals surface area contributed by atoms with Crippen molar-refractivity contribution in [2.45, 2.75) is 0 Å². The van der Waals surface area contributed by atoms with Crippen LogP contribution < -0.4 is 16.4 Å². The van der Waals surface area contributed by atoms with E-state index >= 15 is 0 Å². The quantitative estimate of drug-likeness (QED) is 0.482. The highest BCUT2D eigenvalue weighted by atomic mass is 19.1. The SMILES string of the molecule is NC(=O)NCCNC(=O)c1cccnc1F. The van der Waals surface area contributed by atoms with E-state index in [9.17, 15) is 14.0 Å². The van der Waals surface area contributed by atoms with Crippen LogP contribution in [0.3, 0.4) is 0 Å². The number of primary amides is 1. The number of halogens is 1. The van der Waals surface area contributed by atoms with E-state index in [1.807, 2.05) is 0 Å². The lowest BCUT2D eigenvalue weighted by Gasteiger charge is -2.05. The molecule has 0 aliphatic heterocycles. The lowest BCUT2D eigenvalue weighted by Crippen LogP contribution is -2.37. The second-order valence-electron chi connectivity index (χ2n) is 2.89. The van der Waals surface area contributed by atoms with Crippen molar-refractivity contribution < 1.29 is 14.0 Å². The predicted molar refractivity (Wildman–Crippen MR) is 54.1 cm³/mol. The summed E-state index contributed by atoms with van der Waals surface area (Å²) in [6.07, 6.45) is 1.25. The highest BCUT2D eigenvalue weighted by molar-refractivity contribution is 5.94. The average molecular weight is 226 g/mol. The van der Waals surface area contributed by atoms with E-state index in [0.717, 1.165) is 0 Å². The van der Waals surface area contributed by atoms with E-state index in [-0.39, 0.29) is 18.7 Å².